The highest BCUT2D eigenvalue weighted by Crippen LogP contribution is 2.22. The number of rotatable bonds is 2. The lowest BCUT2D eigenvalue weighted by atomic mass is 9.98. The van der Waals surface area contributed by atoms with E-state index < -0.39 is 0 Å². The van der Waals surface area contributed by atoms with E-state index in [0.29, 0.717) is 0 Å². The van der Waals surface area contributed by atoms with Crippen LogP contribution in [0.1, 0.15) is 35.8 Å². The first-order chi connectivity index (χ1) is 8.08. The molecule has 0 aliphatic heterocycles. The van der Waals surface area contributed by atoms with Gasteiger partial charge in [-0.25, -0.2) is 0 Å². The topological polar surface area (TPSA) is 17.1 Å². The van der Waals surface area contributed by atoms with Gasteiger partial charge in [0.2, 0.25) is 0 Å². The van der Waals surface area contributed by atoms with Crippen LogP contribution in [0.3, 0.4) is 0 Å². The number of hydrogen-bond acceptors (Lipinski definition) is 1. The number of aryl methyl sites for hydroxylation is 2. The third-order valence-electron chi connectivity index (χ3n) is 2.99. The quantitative estimate of drug-likeness (QED) is 0.688. The van der Waals surface area contributed by atoms with E-state index in [1.165, 1.54) is 11.1 Å². The number of carbonyl (C=O) groups is 1. The molecule has 0 radical (unpaired) electrons. The molecule has 0 heterocycles. The zero-order valence-corrected chi connectivity index (χ0v) is 10.4. The summed E-state index contributed by atoms with van der Waals surface area (Å²) >= 11 is 0. The minimum atomic E-state index is 0. The van der Waals surface area contributed by atoms with E-state index in [9.17, 15) is 4.79 Å². The van der Waals surface area contributed by atoms with Gasteiger partial charge in [0.1, 0.15) is 0 Å². The first-order valence-corrected chi connectivity index (χ1v) is 5.76. The molecule has 2 aromatic carbocycles. The largest absolute Gasteiger partial charge is 0.295 e. The third-order valence-corrected chi connectivity index (χ3v) is 2.99. The maximum Gasteiger partial charge on any atom is 0.160 e. The van der Waals surface area contributed by atoms with Crippen molar-refractivity contribution in [3.05, 3.63) is 59.2 Å². The van der Waals surface area contributed by atoms with Gasteiger partial charge in [-0.3, -0.25) is 4.79 Å². The van der Waals surface area contributed by atoms with Gasteiger partial charge in [-0.05, 0) is 37.5 Å². The van der Waals surface area contributed by atoms with Crippen LogP contribution in [0.5, 0.6) is 0 Å². The van der Waals surface area contributed by atoms with E-state index in [4.69, 9.17) is 0 Å². The summed E-state index contributed by atoms with van der Waals surface area (Å²) in [6, 6.07) is 14.4. The normalized spacial score (nSPS) is 9.72. The van der Waals surface area contributed by atoms with Crippen molar-refractivity contribution in [2.24, 2.45) is 0 Å². The van der Waals surface area contributed by atoms with Gasteiger partial charge < -0.3 is 0 Å². The zero-order valence-electron chi connectivity index (χ0n) is 10.4. The Labute approximate surface area is 109 Å². The third kappa shape index (κ3) is 2.86. The molecule has 0 saturated heterocycles. The van der Waals surface area contributed by atoms with Gasteiger partial charge in [0.05, 0.1) is 0 Å². The molecule has 2 rings (SSSR count). The van der Waals surface area contributed by atoms with Gasteiger partial charge >= 0.3 is 0 Å². The molecule has 0 unspecified atom stereocenters. The van der Waals surface area contributed by atoms with E-state index in [-0.39, 0.29) is 13.2 Å². The number of carbonyl (C=O) groups excluding carboxylic acids is 1. The lowest BCUT2D eigenvalue weighted by molar-refractivity contribution is 0.101. The van der Waals surface area contributed by atoms with Crippen LogP contribution >= 0.6 is 0 Å². The average Bonchev–Trinajstić information content (AvgIpc) is 2.29. The Balaban J connectivity index is 0.00000162. The molecule has 0 saturated carbocycles. The van der Waals surface area contributed by atoms with Crippen LogP contribution in [0.25, 0.3) is 11.1 Å². The number of benzene rings is 2. The van der Waals surface area contributed by atoms with Gasteiger partial charge in [-0.1, -0.05) is 55.5 Å². The molecular weight excluding hydrogens is 220 g/mol. The number of ketones is 1. The summed E-state index contributed by atoms with van der Waals surface area (Å²) in [5.74, 6) is 0.123. The Morgan fingerprint density at radius 3 is 1.94 bits per heavy atom. The maximum atomic E-state index is 11.4. The molecular formula is C17H20O. The Kier molecular flexibility index (Phi) is 4.43. The molecule has 0 amide bonds. The first-order valence-electron chi connectivity index (χ1n) is 5.76. The summed E-state index contributed by atoms with van der Waals surface area (Å²) in [4.78, 5) is 11.4. The fraction of sp³-hybridized carbons (Fsp3) is 0.235. The predicted octanol–water partition coefficient (Wildman–Crippen LogP) is 4.81. The molecule has 0 N–H and O–H groups in total. The molecule has 0 spiro atoms. The molecule has 0 aliphatic rings. The first kappa shape index (κ1) is 14.2. The van der Waals surface area contributed by atoms with Crippen molar-refractivity contribution in [2.75, 3.05) is 0 Å². The zero-order chi connectivity index (χ0) is 12.4. The smallest absolute Gasteiger partial charge is 0.160 e. The van der Waals surface area contributed by atoms with Crippen molar-refractivity contribution in [3.63, 3.8) is 0 Å². The van der Waals surface area contributed by atoms with Crippen molar-refractivity contribution in [1.29, 1.82) is 0 Å². The van der Waals surface area contributed by atoms with Gasteiger partial charge in [-0.2, -0.15) is 0 Å². The molecule has 0 fully saturated rings. The van der Waals surface area contributed by atoms with Crippen LogP contribution in [0.2, 0.25) is 0 Å². The lowest BCUT2D eigenvalue weighted by Gasteiger charge is -2.06. The summed E-state index contributed by atoms with van der Waals surface area (Å²) in [7, 11) is 0. The SMILES string of the molecule is C.CC(=O)c1ccc(-c2ccc(C)cc2)cc1C. The molecule has 0 aliphatic carbocycles. The highest BCUT2D eigenvalue weighted by Gasteiger charge is 2.05. The summed E-state index contributed by atoms with van der Waals surface area (Å²) in [6.45, 7) is 5.66. The molecule has 2 aromatic rings. The van der Waals surface area contributed by atoms with Crippen LogP contribution in [0.4, 0.5) is 0 Å². The maximum absolute atomic E-state index is 11.4. The van der Waals surface area contributed by atoms with Crippen molar-refractivity contribution < 1.29 is 4.79 Å². The van der Waals surface area contributed by atoms with Crippen molar-refractivity contribution >= 4 is 5.78 Å². The Morgan fingerprint density at radius 1 is 0.889 bits per heavy atom. The Hall–Kier alpha value is -1.89. The van der Waals surface area contributed by atoms with Gasteiger partial charge in [-0.15, -0.1) is 0 Å². The van der Waals surface area contributed by atoms with Gasteiger partial charge in [0.15, 0.2) is 5.78 Å². The van der Waals surface area contributed by atoms with E-state index in [1.54, 1.807) is 6.92 Å². The lowest BCUT2D eigenvalue weighted by Crippen LogP contribution is -1.95. The second kappa shape index (κ2) is 5.63. The number of Topliss-reactive ketones (excluding diaryl/α,β-unsaturated/α-hetero) is 1. The summed E-state index contributed by atoms with van der Waals surface area (Å²) in [5, 5.41) is 0. The van der Waals surface area contributed by atoms with Crippen LogP contribution < -0.4 is 0 Å². The van der Waals surface area contributed by atoms with Crippen molar-refractivity contribution in [3.8, 4) is 11.1 Å². The molecule has 94 valence electrons. The fourth-order valence-corrected chi connectivity index (χ4v) is 1.98. The highest BCUT2D eigenvalue weighted by atomic mass is 16.1. The molecule has 1 heteroatoms. The van der Waals surface area contributed by atoms with Crippen LogP contribution in [-0.4, -0.2) is 5.78 Å². The second-order valence-corrected chi connectivity index (χ2v) is 4.45. The van der Waals surface area contributed by atoms with E-state index in [1.807, 2.05) is 19.1 Å². The van der Waals surface area contributed by atoms with Gasteiger partial charge in [0.25, 0.3) is 0 Å². The Morgan fingerprint density at radius 2 is 1.44 bits per heavy atom. The molecule has 1 nitrogen and oxygen atoms in total. The van der Waals surface area contributed by atoms with Crippen molar-refractivity contribution in [2.45, 2.75) is 28.2 Å². The molecule has 0 bridgehead atoms. The monoisotopic (exact) mass is 240 g/mol. The predicted molar refractivity (Wildman–Crippen MR) is 78.1 cm³/mol. The van der Waals surface area contributed by atoms with Crippen LogP contribution in [0.15, 0.2) is 42.5 Å². The molecule has 18 heavy (non-hydrogen) atoms. The average molecular weight is 240 g/mol. The van der Waals surface area contributed by atoms with Crippen molar-refractivity contribution in [1.82, 2.24) is 0 Å². The molecule has 0 aromatic heterocycles. The van der Waals surface area contributed by atoms with E-state index in [0.717, 1.165) is 16.7 Å². The number of hydrogen-bond donors (Lipinski definition) is 0. The van der Waals surface area contributed by atoms with Gasteiger partial charge in [0, 0.05) is 5.56 Å². The highest BCUT2D eigenvalue weighted by molar-refractivity contribution is 5.96. The van der Waals surface area contributed by atoms with E-state index in [2.05, 4.69) is 37.3 Å². The fourth-order valence-electron chi connectivity index (χ4n) is 1.98. The second-order valence-electron chi connectivity index (χ2n) is 4.45. The standard InChI is InChI=1S/C16H16O.CH4/c1-11-4-6-14(7-5-11)15-8-9-16(13(3)17)12(2)10-15;/h4-10H,1-3H3;1H4. The Bertz CT molecular complexity index is 550. The van der Waals surface area contributed by atoms with Crippen LogP contribution in [0, 0.1) is 13.8 Å². The minimum Gasteiger partial charge on any atom is -0.295 e. The summed E-state index contributed by atoms with van der Waals surface area (Å²) < 4.78 is 0. The van der Waals surface area contributed by atoms with E-state index >= 15 is 0 Å². The summed E-state index contributed by atoms with van der Waals surface area (Å²) in [5.41, 5.74) is 5.45. The minimum absolute atomic E-state index is 0. The summed E-state index contributed by atoms with van der Waals surface area (Å²) in [6.07, 6.45) is 0. The van der Waals surface area contributed by atoms with Crippen LogP contribution in [-0.2, 0) is 0 Å². The molecule has 0 atom stereocenters.